The van der Waals surface area contributed by atoms with Crippen molar-refractivity contribution in [2.75, 3.05) is 13.1 Å². The number of hydrogen-bond acceptors (Lipinski definition) is 3. The van der Waals surface area contributed by atoms with Crippen molar-refractivity contribution in [1.29, 1.82) is 0 Å². The molecular formula is C21H28N2O3S. The van der Waals surface area contributed by atoms with Crippen molar-refractivity contribution in [2.45, 2.75) is 46.1 Å². The molecule has 1 N–H and O–H groups in total. The van der Waals surface area contributed by atoms with Crippen LogP contribution in [0.4, 0.5) is 0 Å². The van der Waals surface area contributed by atoms with E-state index < -0.39 is 10.0 Å². The summed E-state index contributed by atoms with van der Waals surface area (Å²) in [6.07, 6.45) is 0. The van der Waals surface area contributed by atoms with Gasteiger partial charge in [-0.15, -0.1) is 0 Å². The summed E-state index contributed by atoms with van der Waals surface area (Å²) in [6.45, 7) is 9.71. The van der Waals surface area contributed by atoms with Crippen molar-refractivity contribution in [3.8, 4) is 0 Å². The molecule has 0 unspecified atom stereocenters. The molecule has 0 atom stereocenters. The lowest BCUT2D eigenvalue weighted by atomic mass is 10.1. The highest BCUT2D eigenvalue weighted by Gasteiger charge is 2.29. The molecule has 5 nitrogen and oxygen atoms in total. The molecule has 1 amide bonds. The average Bonchev–Trinajstić information content (AvgIpc) is 2.55. The number of amides is 1. The van der Waals surface area contributed by atoms with Gasteiger partial charge in [0, 0.05) is 13.1 Å². The summed E-state index contributed by atoms with van der Waals surface area (Å²) in [7, 11) is -3.83. The number of likely N-dealkylation sites (N-methyl/N-ethyl adjacent to an activating group) is 1. The molecule has 2 rings (SSSR count). The van der Waals surface area contributed by atoms with Crippen molar-refractivity contribution in [3.63, 3.8) is 0 Å². The van der Waals surface area contributed by atoms with Gasteiger partial charge in [0.15, 0.2) is 0 Å². The molecule has 0 spiro atoms. The molecule has 0 aliphatic heterocycles. The zero-order valence-electron chi connectivity index (χ0n) is 16.7. The lowest BCUT2D eigenvalue weighted by Crippen LogP contribution is -2.40. The van der Waals surface area contributed by atoms with Crippen LogP contribution in [0.25, 0.3) is 0 Å². The van der Waals surface area contributed by atoms with E-state index in [-0.39, 0.29) is 23.9 Å². The van der Waals surface area contributed by atoms with Crippen LogP contribution in [0.3, 0.4) is 0 Å². The van der Waals surface area contributed by atoms with Gasteiger partial charge in [-0.05, 0) is 51.3 Å². The van der Waals surface area contributed by atoms with Crippen LogP contribution < -0.4 is 5.32 Å². The summed E-state index contributed by atoms with van der Waals surface area (Å²) in [5.74, 6) is -0.310. The Labute approximate surface area is 162 Å². The third kappa shape index (κ3) is 5.17. The number of carbonyl (C=O) groups is 1. The molecule has 0 radical (unpaired) electrons. The Bertz CT molecular complexity index is 896. The van der Waals surface area contributed by atoms with Gasteiger partial charge in [-0.25, -0.2) is 8.42 Å². The monoisotopic (exact) mass is 388 g/mol. The lowest BCUT2D eigenvalue weighted by Gasteiger charge is -2.24. The topological polar surface area (TPSA) is 66.5 Å². The Morgan fingerprint density at radius 3 is 2.04 bits per heavy atom. The number of benzene rings is 2. The first kappa shape index (κ1) is 21.1. The minimum absolute atomic E-state index is 0.145. The first-order valence-corrected chi connectivity index (χ1v) is 10.5. The van der Waals surface area contributed by atoms with E-state index in [0.29, 0.717) is 17.7 Å². The predicted molar refractivity (Wildman–Crippen MR) is 108 cm³/mol. The molecule has 0 bridgehead atoms. The number of sulfonamides is 1. The van der Waals surface area contributed by atoms with Gasteiger partial charge in [0.25, 0.3) is 0 Å². The summed E-state index contributed by atoms with van der Waals surface area (Å²) in [6, 6.07) is 11.4. The Balaban J connectivity index is 2.47. The highest BCUT2D eigenvalue weighted by atomic mass is 32.2. The summed E-state index contributed by atoms with van der Waals surface area (Å²) in [5, 5.41) is 2.69. The van der Waals surface area contributed by atoms with Crippen LogP contribution in [-0.2, 0) is 21.4 Å². The fraction of sp³-hybridized carbons (Fsp3) is 0.381. The van der Waals surface area contributed by atoms with Gasteiger partial charge < -0.3 is 5.32 Å². The normalized spacial score (nSPS) is 11.6. The van der Waals surface area contributed by atoms with Crippen molar-refractivity contribution >= 4 is 15.9 Å². The van der Waals surface area contributed by atoms with E-state index in [9.17, 15) is 13.2 Å². The van der Waals surface area contributed by atoms with E-state index in [1.54, 1.807) is 13.8 Å². The van der Waals surface area contributed by atoms with Gasteiger partial charge in [0.1, 0.15) is 0 Å². The molecule has 0 heterocycles. The zero-order valence-corrected chi connectivity index (χ0v) is 17.5. The predicted octanol–water partition coefficient (Wildman–Crippen LogP) is 3.25. The van der Waals surface area contributed by atoms with Crippen LogP contribution in [0.1, 0.15) is 34.7 Å². The van der Waals surface area contributed by atoms with Crippen molar-refractivity contribution in [3.05, 3.63) is 64.2 Å². The average molecular weight is 389 g/mol. The summed E-state index contributed by atoms with van der Waals surface area (Å²) < 4.78 is 28.1. The number of carbonyl (C=O) groups excluding carboxylic acids is 1. The first-order chi connectivity index (χ1) is 12.6. The number of rotatable bonds is 7. The third-order valence-electron chi connectivity index (χ3n) is 4.38. The van der Waals surface area contributed by atoms with Crippen LogP contribution in [0, 0.1) is 27.7 Å². The maximum Gasteiger partial charge on any atom is 0.244 e. The van der Waals surface area contributed by atoms with E-state index >= 15 is 0 Å². The molecule has 6 heteroatoms. The van der Waals surface area contributed by atoms with Gasteiger partial charge in [0.05, 0.1) is 11.4 Å². The molecule has 0 fully saturated rings. The van der Waals surface area contributed by atoms with Crippen LogP contribution >= 0.6 is 0 Å². The Kier molecular flexibility index (Phi) is 6.78. The van der Waals surface area contributed by atoms with Crippen LogP contribution in [0.2, 0.25) is 0 Å². The molecule has 0 aliphatic carbocycles. The highest BCUT2D eigenvalue weighted by molar-refractivity contribution is 7.89. The van der Waals surface area contributed by atoms with E-state index in [1.165, 1.54) is 4.31 Å². The quantitative estimate of drug-likeness (QED) is 0.792. The van der Waals surface area contributed by atoms with Gasteiger partial charge in [0.2, 0.25) is 15.9 Å². The molecular weight excluding hydrogens is 360 g/mol. The van der Waals surface area contributed by atoms with Gasteiger partial charge in [-0.1, -0.05) is 47.5 Å². The number of nitrogens with zero attached hydrogens (tertiary/aromatic N) is 1. The van der Waals surface area contributed by atoms with Crippen LogP contribution in [0.5, 0.6) is 0 Å². The van der Waals surface area contributed by atoms with Gasteiger partial charge in [-0.2, -0.15) is 4.31 Å². The third-order valence-corrected chi connectivity index (χ3v) is 6.47. The van der Waals surface area contributed by atoms with E-state index in [4.69, 9.17) is 0 Å². The Morgan fingerprint density at radius 2 is 1.52 bits per heavy atom. The van der Waals surface area contributed by atoms with Crippen molar-refractivity contribution in [2.24, 2.45) is 0 Å². The fourth-order valence-corrected chi connectivity index (χ4v) is 5.04. The summed E-state index contributed by atoms with van der Waals surface area (Å²) >= 11 is 0. The zero-order chi connectivity index (χ0) is 20.2. The molecule has 146 valence electrons. The SMILES string of the molecule is CCNC(=O)CN(Cc1ccc(C)cc1)S(=O)(=O)c1c(C)cc(C)cc1C. The van der Waals surface area contributed by atoms with Crippen molar-refractivity contribution in [1.82, 2.24) is 9.62 Å². The maximum absolute atomic E-state index is 13.4. The summed E-state index contributed by atoms with van der Waals surface area (Å²) in [5.41, 5.74) is 4.34. The standard InChI is InChI=1S/C21H28N2O3S/c1-6-22-20(24)14-23(13-19-9-7-15(2)8-10-19)27(25,26)21-17(4)11-16(3)12-18(21)5/h7-12H,6,13-14H2,1-5H3,(H,22,24). The maximum atomic E-state index is 13.4. The fourth-order valence-electron chi connectivity index (χ4n) is 3.24. The second-order valence-corrected chi connectivity index (χ2v) is 8.81. The lowest BCUT2D eigenvalue weighted by molar-refractivity contribution is -0.121. The first-order valence-electron chi connectivity index (χ1n) is 9.05. The van der Waals surface area contributed by atoms with Crippen molar-refractivity contribution < 1.29 is 13.2 Å². The smallest absolute Gasteiger partial charge is 0.244 e. The molecule has 2 aromatic carbocycles. The van der Waals surface area contributed by atoms with E-state index in [2.05, 4.69) is 5.32 Å². The van der Waals surface area contributed by atoms with Gasteiger partial charge in [-0.3, -0.25) is 4.79 Å². The minimum Gasteiger partial charge on any atom is -0.355 e. The van der Waals surface area contributed by atoms with Crippen LogP contribution in [0.15, 0.2) is 41.3 Å². The van der Waals surface area contributed by atoms with E-state index in [0.717, 1.165) is 16.7 Å². The van der Waals surface area contributed by atoms with Crippen LogP contribution in [-0.4, -0.2) is 31.7 Å². The molecule has 0 aromatic heterocycles. The largest absolute Gasteiger partial charge is 0.355 e. The molecule has 2 aromatic rings. The number of aryl methyl sites for hydroxylation is 4. The minimum atomic E-state index is -3.83. The molecule has 27 heavy (non-hydrogen) atoms. The summed E-state index contributed by atoms with van der Waals surface area (Å²) in [4.78, 5) is 12.5. The highest BCUT2D eigenvalue weighted by Crippen LogP contribution is 2.26. The molecule has 0 aliphatic rings. The Hall–Kier alpha value is -2.18. The van der Waals surface area contributed by atoms with E-state index in [1.807, 2.05) is 57.2 Å². The van der Waals surface area contributed by atoms with Gasteiger partial charge >= 0.3 is 0 Å². The number of nitrogens with one attached hydrogen (secondary N) is 1. The molecule has 0 saturated heterocycles. The molecule has 0 saturated carbocycles. The number of hydrogen-bond donors (Lipinski definition) is 1. The Morgan fingerprint density at radius 1 is 0.963 bits per heavy atom. The second kappa shape index (κ2) is 8.67. The second-order valence-electron chi connectivity index (χ2n) is 6.94.